The molecule has 0 aliphatic rings. The lowest BCUT2D eigenvalue weighted by Crippen LogP contribution is -2.14. The van der Waals surface area contributed by atoms with E-state index in [1.807, 2.05) is 54.6 Å². The number of pyridine rings is 1. The Hall–Kier alpha value is -4.92. The molecule has 0 spiro atoms. The van der Waals surface area contributed by atoms with Crippen molar-refractivity contribution in [3.8, 4) is 45.7 Å². The van der Waals surface area contributed by atoms with Gasteiger partial charge in [-0.2, -0.15) is 0 Å². The standard InChI is InChI=1S/C29H27N3O6/c1-34-24-11-10-20(14-25(24)38-17-18-8-6-5-7-9-18)32-23-15-21(30-16-22(23)31-29(32)33)19-12-26(35-2)28(37-4)27(13-19)36-3/h5-16H,17H2,1-4H3,(H,31,33). The summed E-state index contributed by atoms with van der Waals surface area (Å²) in [5.74, 6) is 2.59. The molecule has 0 radical (unpaired) electrons. The first-order chi connectivity index (χ1) is 18.6. The van der Waals surface area contributed by atoms with E-state index in [0.717, 1.165) is 11.1 Å². The Morgan fingerprint density at radius 1 is 0.789 bits per heavy atom. The topological polar surface area (TPSA) is 96.8 Å². The first-order valence-electron chi connectivity index (χ1n) is 11.8. The number of H-pyrrole nitrogens is 1. The highest BCUT2D eigenvalue weighted by atomic mass is 16.5. The third-order valence-corrected chi connectivity index (χ3v) is 6.17. The maximum absolute atomic E-state index is 13.1. The van der Waals surface area contributed by atoms with E-state index in [2.05, 4.69) is 9.97 Å². The number of aromatic amines is 1. The third-order valence-electron chi connectivity index (χ3n) is 6.17. The minimum atomic E-state index is -0.303. The second-order valence-electron chi connectivity index (χ2n) is 8.38. The highest BCUT2D eigenvalue weighted by molar-refractivity contribution is 5.82. The largest absolute Gasteiger partial charge is 0.493 e. The molecule has 2 aromatic heterocycles. The zero-order valence-corrected chi connectivity index (χ0v) is 21.5. The third kappa shape index (κ3) is 4.61. The van der Waals surface area contributed by atoms with Crippen molar-refractivity contribution < 1.29 is 23.7 Å². The Morgan fingerprint density at radius 2 is 1.50 bits per heavy atom. The Labute approximate surface area is 219 Å². The van der Waals surface area contributed by atoms with Crippen molar-refractivity contribution >= 4 is 11.0 Å². The van der Waals surface area contributed by atoms with Gasteiger partial charge in [0.2, 0.25) is 5.75 Å². The van der Waals surface area contributed by atoms with Crippen molar-refractivity contribution in [1.82, 2.24) is 14.5 Å². The molecule has 9 nitrogen and oxygen atoms in total. The van der Waals surface area contributed by atoms with Crippen molar-refractivity contribution in [2.75, 3.05) is 28.4 Å². The molecule has 1 N–H and O–H groups in total. The highest BCUT2D eigenvalue weighted by Gasteiger charge is 2.17. The van der Waals surface area contributed by atoms with Crippen LogP contribution in [-0.4, -0.2) is 43.0 Å². The fourth-order valence-corrected chi connectivity index (χ4v) is 4.30. The lowest BCUT2D eigenvalue weighted by Gasteiger charge is -2.14. The fraction of sp³-hybridized carbons (Fsp3) is 0.172. The fourth-order valence-electron chi connectivity index (χ4n) is 4.30. The van der Waals surface area contributed by atoms with Gasteiger partial charge >= 0.3 is 5.69 Å². The minimum absolute atomic E-state index is 0.303. The van der Waals surface area contributed by atoms with E-state index in [-0.39, 0.29) is 5.69 Å². The normalized spacial score (nSPS) is 10.8. The first-order valence-corrected chi connectivity index (χ1v) is 11.8. The summed E-state index contributed by atoms with van der Waals surface area (Å²) in [6.45, 7) is 0.360. The predicted molar refractivity (Wildman–Crippen MR) is 144 cm³/mol. The zero-order chi connectivity index (χ0) is 26.6. The van der Waals surface area contributed by atoms with Crippen LogP contribution in [0.5, 0.6) is 28.7 Å². The number of methoxy groups -OCH3 is 4. The summed E-state index contributed by atoms with van der Waals surface area (Å²) < 4.78 is 29.6. The molecule has 0 atom stereocenters. The molecule has 0 saturated heterocycles. The summed E-state index contributed by atoms with van der Waals surface area (Å²) in [5.41, 5.74) is 3.93. The van der Waals surface area contributed by atoms with Crippen LogP contribution in [-0.2, 0) is 6.61 Å². The molecule has 9 heteroatoms. The van der Waals surface area contributed by atoms with Gasteiger partial charge in [-0.15, -0.1) is 0 Å². The maximum Gasteiger partial charge on any atom is 0.331 e. The molecule has 0 aliphatic carbocycles. The smallest absolute Gasteiger partial charge is 0.331 e. The molecule has 0 fully saturated rings. The van der Waals surface area contributed by atoms with Gasteiger partial charge in [-0.3, -0.25) is 9.55 Å². The summed E-state index contributed by atoms with van der Waals surface area (Å²) in [5, 5.41) is 0. The van der Waals surface area contributed by atoms with Crippen LogP contribution in [0.1, 0.15) is 5.56 Å². The molecular formula is C29H27N3O6. The molecule has 0 saturated carbocycles. The van der Waals surface area contributed by atoms with Gasteiger partial charge in [-0.25, -0.2) is 4.79 Å². The Kier molecular flexibility index (Phi) is 6.90. The zero-order valence-electron chi connectivity index (χ0n) is 21.5. The Balaban J connectivity index is 1.58. The number of rotatable bonds is 9. The van der Waals surface area contributed by atoms with Gasteiger partial charge in [-0.05, 0) is 35.9 Å². The van der Waals surface area contributed by atoms with E-state index in [0.29, 0.717) is 57.8 Å². The molecule has 0 bridgehead atoms. The number of imidazole rings is 1. The second kappa shape index (κ2) is 10.6. The number of nitrogens with zero attached hydrogens (tertiary/aromatic N) is 2. The lowest BCUT2D eigenvalue weighted by atomic mass is 10.1. The monoisotopic (exact) mass is 513 g/mol. The van der Waals surface area contributed by atoms with Gasteiger partial charge in [0, 0.05) is 11.6 Å². The number of nitrogens with one attached hydrogen (secondary N) is 1. The van der Waals surface area contributed by atoms with E-state index in [1.54, 1.807) is 51.3 Å². The van der Waals surface area contributed by atoms with Crippen LogP contribution in [0.15, 0.2) is 77.7 Å². The van der Waals surface area contributed by atoms with Gasteiger partial charge in [0.1, 0.15) is 6.61 Å². The minimum Gasteiger partial charge on any atom is -0.493 e. The molecule has 3 aromatic carbocycles. The van der Waals surface area contributed by atoms with Gasteiger partial charge < -0.3 is 28.7 Å². The van der Waals surface area contributed by atoms with Crippen LogP contribution in [0.2, 0.25) is 0 Å². The van der Waals surface area contributed by atoms with Crippen molar-refractivity contribution in [2.45, 2.75) is 6.61 Å². The lowest BCUT2D eigenvalue weighted by molar-refractivity contribution is 0.284. The van der Waals surface area contributed by atoms with E-state index < -0.39 is 0 Å². The van der Waals surface area contributed by atoms with Crippen LogP contribution in [0.3, 0.4) is 0 Å². The number of hydrogen-bond acceptors (Lipinski definition) is 7. The molecule has 0 aliphatic heterocycles. The SMILES string of the molecule is COc1ccc(-n2c(=O)[nH]c3cnc(-c4cc(OC)c(OC)c(OC)c4)cc32)cc1OCc1ccccc1. The number of aromatic nitrogens is 3. The summed E-state index contributed by atoms with van der Waals surface area (Å²) in [6, 6.07) is 20.7. The Morgan fingerprint density at radius 3 is 2.16 bits per heavy atom. The summed E-state index contributed by atoms with van der Waals surface area (Å²) >= 11 is 0. The molecule has 5 rings (SSSR count). The highest BCUT2D eigenvalue weighted by Crippen LogP contribution is 2.41. The number of ether oxygens (including phenoxy) is 5. The van der Waals surface area contributed by atoms with Crippen molar-refractivity contribution in [1.29, 1.82) is 0 Å². The maximum atomic E-state index is 13.1. The second-order valence-corrected chi connectivity index (χ2v) is 8.38. The van der Waals surface area contributed by atoms with Crippen LogP contribution >= 0.6 is 0 Å². The Bertz CT molecular complexity index is 1620. The van der Waals surface area contributed by atoms with E-state index in [9.17, 15) is 4.79 Å². The van der Waals surface area contributed by atoms with Crippen molar-refractivity contribution in [3.05, 3.63) is 89.0 Å². The molecule has 5 aromatic rings. The van der Waals surface area contributed by atoms with Crippen LogP contribution < -0.4 is 29.4 Å². The van der Waals surface area contributed by atoms with Crippen molar-refractivity contribution in [2.24, 2.45) is 0 Å². The van der Waals surface area contributed by atoms with Crippen molar-refractivity contribution in [3.63, 3.8) is 0 Å². The van der Waals surface area contributed by atoms with Gasteiger partial charge in [0.05, 0.1) is 57.1 Å². The first kappa shape index (κ1) is 24.8. The van der Waals surface area contributed by atoms with E-state index >= 15 is 0 Å². The molecular weight excluding hydrogens is 486 g/mol. The van der Waals surface area contributed by atoms with Crippen LogP contribution in [0, 0.1) is 0 Å². The molecule has 0 amide bonds. The van der Waals surface area contributed by atoms with E-state index in [1.165, 1.54) is 0 Å². The average Bonchev–Trinajstić information content (AvgIpc) is 3.30. The quantitative estimate of drug-likeness (QED) is 0.296. The summed E-state index contributed by atoms with van der Waals surface area (Å²) in [7, 11) is 6.25. The molecule has 0 unspecified atom stereocenters. The predicted octanol–water partition coefficient (Wildman–Crippen LogP) is 4.99. The van der Waals surface area contributed by atoms with Gasteiger partial charge in [-0.1, -0.05) is 30.3 Å². The van der Waals surface area contributed by atoms with Gasteiger partial charge in [0.15, 0.2) is 23.0 Å². The summed E-state index contributed by atoms with van der Waals surface area (Å²) in [6.07, 6.45) is 1.63. The molecule has 38 heavy (non-hydrogen) atoms. The molecule has 2 heterocycles. The molecule has 194 valence electrons. The number of fused-ring (bicyclic) bond motifs is 1. The van der Waals surface area contributed by atoms with Crippen LogP contribution in [0.25, 0.3) is 28.0 Å². The summed E-state index contributed by atoms with van der Waals surface area (Å²) in [4.78, 5) is 20.5. The number of hydrogen-bond donors (Lipinski definition) is 1. The average molecular weight is 514 g/mol. The van der Waals surface area contributed by atoms with Gasteiger partial charge in [0.25, 0.3) is 0 Å². The van der Waals surface area contributed by atoms with E-state index in [4.69, 9.17) is 23.7 Å². The van der Waals surface area contributed by atoms with Crippen LogP contribution in [0.4, 0.5) is 0 Å². The number of benzene rings is 3.